The molecular formula is C23H34O7Si. The van der Waals surface area contributed by atoms with E-state index in [0.29, 0.717) is 0 Å². The summed E-state index contributed by atoms with van der Waals surface area (Å²) >= 11 is 0. The summed E-state index contributed by atoms with van der Waals surface area (Å²) in [5, 5.41) is 32.6. The van der Waals surface area contributed by atoms with Gasteiger partial charge in [-0.05, 0) is 29.3 Å². The van der Waals surface area contributed by atoms with Crippen molar-refractivity contribution in [1.29, 1.82) is 0 Å². The van der Waals surface area contributed by atoms with Crippen LogP contribution in [0.5, 0.6) is 0 Å². The molecule has 0 aromatic heterocycles. The van der Waals surface area contributed by atoms with Crippen LogP contribution in [0.15, 0.2) is 30.3 Å². The van der Waals surface area contributed by atoms with Crippen molar-refractivity contribution in [3.63, 3.8) is 0 Å². The summed E-state index contributed by atoms with van der Waals surface area (Å²) in [6.45, 7) is 10.8. The number of hydrogen-bond donors (Lipinski definition) is 3. The van der Waals surface area contributed by atoms with Crippen LogP contribution in [0.1, 0.15) is 38.0 Å². The smallest absolute Gasteiger partial charge is 0.220 e. The van der Waals surface area contributed by atoms with E-state index in [4.69, 9.17) is 18.6 Å². The van der Waals surface area contributed by atoms with Crippen LogP contribution in [0.4, 0.5) is 0 Å². The lowest BCUT2D eigenvalue weighted by molar-refractivity contribution is -0.312. The maximum atomic E-state index is 10.9. The molecule has 1 aromatic rings. The highest BCUT2D eigenvalue weighted by atomic mass is 28.4. The highest BCUT2D eigenvalue weighted by molar-refractivity contribution is 6.74. The third-order valence-electron chi connectivity index (χ3n) is 7.17. The zero-order valence-corrected chi connectivity index (χ0v) is 19.8. The van der Waals surface area contributed by atoms with Gasteiger partial charge in [0.05, 0.1) is 13.2 Å². The van der Waals surface area contributed by atoms with Gasteiger partial charge in [0, 0.05) is 0 Å². The maximum absolute atomic E-state index is 10.9. The zero-order valence-electron chi connectivity index (χ0n) is 18.8. The van der Waals surface area contributed by atoms with Gasteiger partial charge in [0.15, 0.2) is 8.32 Å². The zero-order chi connectivity index (χ0) is 22.6. The minimum absolute atomic E-state index is 0.00866. The third-order valence-corrected chi connectivity index (χ3v) is 11.6. The predicted octanol–water partition coefficient (Wildman–Crippen LogP) is 2.37. The Balaban J connectivity index is 1.46. The molecule has 2 saturated heterocycles. The number of benzene rings is 1. The molecule has 0 amide bonds. The molecule has 4 rings (SSSR count). The summed E-state index contributed by atoms with van der Waals surface area (Å²) in [5.41, 5.74) is 1.70. The average molecular weight is 451 g/mol. The first-order valence-electron chi connectivity index (χ1n) is 10.9. The van der Waals surface area contributed by atoms with Crippen molar-refractivity contribution in [1.82, 2.24) is 0 Å². The van der Waals surface area contributed by atoms with Crippen LogP contribution in [0.25, 0.3) is 6.08 Å². The molecule has 31 heavy (non-hydrogen) atoms. The van der Waals surface area contributed by atoms with Crippen molar-refractivity contribution in [2.24, 2.45) is 0 Å². The fourth-order valence-corrected chi connectivity index (χ4v) is 5.06. The number of fused-ring (bicyclic) bond motifs is 3. The Labute approximate surface area is 184 Å². The topological polar surface area (TPSA) is 97.6 Å². The molecule has 1 aromatic carbocycles. The van der Waals surface area contributed by atoms with E-state index >= 15 is 0 Å². The molecule has 1 aliphatic carbocycles. The quantitative estimate of drug-likeness (QED) is 0.593. The summed E-state index contributed by atoms with van der Waals surface area (Å²) in [5.74, 6) is -1.41. The van der Waals surface area contributed by atoms with Gasteiger partial charge in [0.2, 0.25) is 5.79 Å². The molecule has 0 spiro atoms. The van der Waals surface area contributed by atoms with Gasteiger partial charge in [0.1, 0.15) is 36.6 Å². The van der Waals surface area contributed by atoms with E-state index in [0.717, 1.165) is 11.1 Å². The minimum atomic E-state index is -2.11. The number of ether oxygens (including phenoxy) is 3. The second kappa shape index (κ2) is 8.04. The van der Waals surface area contributed by atoms with Crippen molar-refractivity contribution in [3.05, 3.63) is 41.5 Å². The van der Waals surface area contributed by atoms with Crippen molar-refractivity contribution in [2.75, 3.05) is 13.2 Å². The predicted molar refractivity (Wildman–Crippen MR) is 118 cm³/mol. The van der Waals surface area contributed by atoms with Crippen molar-refractivity contribution in [3.8, 4) is 0 Å². The number of hydrogen-bond acceptors (Lipinski definition) is 7. The van der Waals surface area contributed by atoms with E-state index in [-0.39, 0.29) is 18.3 Å². The van der Waals surface area contributed by atoms with Crippen LogP contribution >= 0.6 is 0 Å². The Morgan fingerprint density at radius 1 is 1.16 bits per heavy atom. The van der Waals surface area contributed by atoms with Gasteiger partial charge >= 0.3 is 0 Å². The number of aliphatic hydroxyl groups is 3. The lowest BCUT2D eigenvalue weighted by Gasteiger charge is -2.45. The summed E-state index contributed by atoms with van der Waals surface area (Å²) in [4.78, 5) is 0. The number of rotatable bonds is 5. The summed E-state index contributed by atoms with van der Waals surface area (Å²) in [7, 11) is -2.11. The van der Waals surface area contributed by atoms with Crippen LogP contribution in [-0.2, 0) is 18.6 Å². The lowest BCUT2D eigenvalue weighted by atomic mass is 9.91. The number of aliphatic hydroxyl groups excluding tert-OH is 3. The van der Waals surface area contributed by atoms with E-state index in [9.17, 15) is 15.3 Å². The Morgan fingerprint density at radius 3 is 2.58 bits per heavy atom. The first-order valence-corrected chi connectivity index (χ1v) is 13.8. The van der Waals surface area contributed by atoms with Crippen LogP contribution in [0.2, 0.25) is 18.1 Å². The molecule has 2 heterocycles. The SMILES string of the molecule is CC(C)(C)[Si](C)(C)OC[C@@]12OC[C@@H](O1)[C@@H](O[C@H]1C=Cc3ccccc3[C@@H]1O)[C@@H](O)[C@@H]2O. The van der Waals surface area contributed by atoms with Gasteiger partial charge in [-0.1, -0.05) is 57.2 Å². The van der Waals surface area contributed by atoms with Crippen molar-refractivity contribution in [2.45, 2.75) is 81.3 Å². The molecule has 3 aliphatic rings. The fourth-order valence-electron chi connectivity index (χ4n) is 4.06. The molecule has 7 nitrogen and oxygen atoms in total. The highest BCUT2D eigenvalue weighted by Crippen LogP contribution is 2.43. The first kappa shape index (κ1) is 23.1. The average Bonchev–Trinajstić information content (AvgIpc) is 3.12. The first-order chi connectivity index (χ1) is 14.5. The van der Waals surface area contributed by atoms with Gasteiger partial charge in [0.25, 0.3) is 0 Å². The molecule has 0 radical (unpaired) electrons. The monoisotopic (exact) mass is 450 g/mol. The minimum Gasteiger partial charge on any atom is -0.411 e. The molecule has 172 valence electrons. The Morgan fingerprint density at radius 2 is 1.87 bits per heavy atom. The summed E-state index contributed by atoms with van der Waals surface area (Å²) < 4.78 is 24.2. The molecule has 8 heteroatoms. The van der Waals surface area contributed by atoms with Crippen molar-refractivity contribution >= 4 is 14.4 Å². The van der Waals surface area contributed by atoms with Crippen LogP contribution in [0.3, 0.4) is 0 Å². The summed E-state index contributed by atoms with van der Waals surface area (Å²) in [6.07, 6.45) is -1.86. The molecular weight excluding hydrogens is 416 g/mol. The van der Waals surface area contributed by atoms with E-state index in [2.05, 4.69) is 33.9 Å². The molecule has 2 bridgehead atoms. The molecule has 7 atom stereocenters. The second-order valence-corrected chi connectivity index (χ2v) is 15.1. The summed E-state index contributed by atoms with van der Waals surface area (Å²) in [6, 6.07) is 7.55. The van der Waals surface area contributed by atoms with E-state index in [1.807, 2.05) is 30.3 Å². The molecule has 2 fully saturated rings. The maximum Gasteiger partial charge on any atom is 0.220 e. The molecule has 3 N–H and O–H groups in total. The Hall–Kier alpha value is -1.10. The lowest BCUT2D eigenvalue weighted by Crippen LogP contribution is -2.64. The second-order valence-electron chi connectivity index (χ2n) is 10.3. The molecule has 0 unspecified atom stereocenters. The van der Waals surface area contributed by atoms with Gasteiger partial charge in [-0.2, -0.15) is 0 Å². The largest absolute Gasteiger partial charge is 0.411 e. The standard InChI is InChI=1S/C23H34O7Si/c1-22(2,3)31(4,5)28-13-23-21(26)19(25)20(17(30-23)12-27-23)29-16-11-10-14-8-6-7-9-15(14)18(16)24/h6-11,16-21,24-26H,12-13H2,1-5H3/t16-,17+,18-,19+,20+,21-,23+/m0/s1. The van der Waals surface area contributed by atoms with Gasteiger partial charge in [-0.25, -0.2) is 0 Å². The third kappa shape index (κ3) is 4.04. The fraction of sp³-hybridized carbons (Fsp3) is 0.652. The van der Waals surface area contributed by atoms with Gasteiger partial charge in [-0.3, -0.25) is 0 Å². The van der Waals surface area contributed by atoms with Crippen LogP contribution in [0, 0.1) is 0 Å². The normalized spacial score (nSPS) is 37.7. The highest BCUT2D eigenvalue weighted by Gasteiger charge is 2.61. The molecule has 2 aliphatic heterocycles. The van der Waals surface area contributed by atoms with E-state index in [1.54, 1.807) is 6.08 Å². The Bertz CT molecular complexity index is 835. The van der Waals surface area contributed by atoms with E-state index in [1.165, 1.54) is 0 Å². The van der Waals surface area contributed by atoms with Crippen LogP contribution < -0.4 is 0 Å². The Kier molecular flexibility index (Phi) is 5.98. The van der Waals surface area contributed by atoms with Gasteiger partial charge < -0.3 is 34.0 Å². The van der Waals surface area contributed by atoms with Crippen LogP contribution in [-0.4, -0.2) is 73.2 Å². The van der Waals surface area contributed by atoms with Gasteiger partial charge in [-0.15, -0.1) is 0 Å². The molecule has 0 saturated carbocycles. The van der Waals surface area contributed by atoms with Crippen molar-refractivity contribution < 1.29 is 34.0 Å². The van der Waals surface area contributed by atoms with E-state index < -0.39 is 50.7 Å².